The molecule has 180 valence electrons. The number of hydrogen-bond donors (Lipinski definition) is 1. The molecule has 4 rings (SSSR count). The van der Waals surface area contributed by atoms with Crippen LogP contribution in [0.2, 0.25) is 0 Å². The number of ether oxygens (including phenoxy) is 2. The molecule has 0 amide bonds. The number of aliphatic hydroxyl groups is 1. The summed E-state index contributed by atoms with van der Waals surface area (Å²) in [6.45, 7) is 9.17. The molecule has 5 nitrogen and oxygen atoms in total. The molecule has 2 unspecified atom stereocenters. The van der Waals surface area contributed by atoms with Crippen LogP contribution in [0, 0.1) is 5.92 Å². The number of fused-ring (bicyclic) bond motifs is 2. The second-order valence-electron chi connectivity index (χ2n) is 9.76. The maximum atomic E-state index is 13.1. The van der Waals surface area contributed by atoms with Crippen LogP contribution in [0.3, 0.4) is 0 Å². The van der Waals surface area contributed by atoms with Crippen molar-refractivity contribution >= 4 is 0 Å². The topological polar surface area (TPSA) is 64.5 Å². The van der Waals surface area contributed by atoms with Crippen molar-refractivity contribution in [2.75, 3.05) is 13.2 Å². The van der Waals surface area contributed by atoms with E-state index in [1.165, 1.54) is 6.07 Å². The Morgan fingerprint density at radius 2 is 1.79 bits per heavy atom. The van der Waals surface area contributed by atoms with Crippen molar-refractivity contribution in [3.63, 3.8) is 0 Å². The highest BCUT2D eigenvalue weighted by atomic mass is 19.4. The number of pyridine rings is 2. The van der Waals surface area contributed by atoms with Crippen LogP contribution >= 0.6 is 0 Å². The Balaban J connectivity index is 1.90. The Kier molecular flexibility index (Phi) is 6.55. The van der Waals surface area contributed by atoms with E-state index in [1.807, 2.05) is 13.8 Å². The first kappa shape index (κ1) is 24.1. The molecule has 0 saturated carbocycles. The molecule has 4 heterocycles. The molecule has 0 bridgehead atoms. The molecule has 0 aromatic carbocycles. The second kappa shape index (κ2) is 8.96. The van der Waals surface area contributed by atoms with Gasteiger partial charge in [-0.25, -0.2) is 0 Å². The first-order valence-electron chi connectivity index (χ1n) is 11.5. The van der Waals surface area contributed by atoms with Crippen molar-refractivity contribution in [1.29, 1.82) is 0 Å². The van der Waals surface area contributed by atoms with Gasteiger partial charge in [-0.1, -0.05) is 27.7 Å². The summed E-state index contributed by atoms with van der Waals surface area (Å²) in [5.41, 5.74) is 2.23. The summed E-state index contributed by atoms with van der Waals surface area (Å²) in [4.78, 5) is 8.87. The van der Waals surface area contributed by atoms with Crippen LogP contribution in [0.15, 0.2) is 24.5 Å². The highest BCUT2D eigenvalue weighted by Gasteiger charge is 2.50. The molecular formula is C25H31F3N2O3. The molecule has 2 aromatic rings. The van der Waals surface area contributed by atoms with E-state index >= 15 is 0 Å². The second-order valence-corrected chi connectivity index (χ2v) is 9.76. The Morgan fingerprint density at radius 3 is 2.33 bits per heavy atom. The Morgan fingerprint density at radius 1 is 1.09 bits per heavy atom. The summed E-state index contributed by atoms with van der Waals surface area (Å²) >= 11 is 0. The van der Waals surface area contributed by atoms with Gasteiger partial charge in [-0.15, -0.1) is 0 Å². The summed E-state index contributed by atoms with van der Waals surface area (Å²) in [5, 5.41) is 11.1. The van der Waals surface area contributed by atoms with Crippen molar-refractivity contribution in [1.82, 2.24) is 9.97 Å². The van der Waals surface area contributed by atoms with Gasteiger partial charge in [0.1, 0.15) is 6.10 Å². The molecule has 33 heavy (non-hydrogen) atoms. The maximum absolute atomic E-state index is 13.1. The third-order valence-electron chi connectivity index (χ3n) is 6.52. The predicted octanol–water partition coefficient (Wildman–Crippen LogP) is 5.82. The average molecular weight is 465 g/mol. The van der Waals surface area contributed by atoms with E-state index in [1.54, 1.807) is 6.20 Å². The number of hydrogen-bond acceptors (Lipinski definition) is 5. The summed E-state index contributed by atoms with van der Waals surface area (Å²) < 4.78 is 51.6. The van der Waals surface area contributed by atoms with Crippen molar-refractivity contribution in [2.45, 2.75) is 76.9 Å². The SMILES string of the molecule is CC(C)CC(O)c1cnc(C(C)C)c2c1C1(CCOCC1)OC2c1ccc(C(F)(F)F)cn1. The molecule has 8 heteroatoms. The Labute approximate surface area is 192 Å². The first-order chi connectivity index (χ1) is 15.5. The van der Waals surface area contributed by atoms with E-state index in [-0.39, 0.29) is 11.8 Å². The van der Waals surface area contributed by atoms with Crippen LogP contribution in [0.4, 0.5) is 13.2 Å². The van der Waals surface area contributed by atoms with Crippen LogP contribution in [0.5, 0.6) is 0 Å². The molecular weight excluding hydrogens is 433 g/mol. The van der Waals surface area contributed by atoms with Crippen molar-refractivity contribution < 1.29 is 27.8 Å². The fraction of sp³-hybridized carbons (Fsp3) is 0.600. The minimum atomic E-state index is -4.46. The smallest absolute Gasteiger partial charge is 0.388 e. The van der Waals surface area contributed by atoms with Gasteiger partial charge in [-0.3, -0.25) is 9.97 Å². The van der Waals surface area contributed by atoms with Gasteiger partial charge < -0.3 is 14.6 Å². The fourth-order valence-electron chi connectivity index (χ4n) is 4.97. The maximum Gasteiger partial charge on any atom is 0.417 e. The molecule has 1 fully saturated rings. The lowest BCUT2D eigenvalue weighted by Gasteiger charge is -2.36. The molecule has 0 aliphatic carbocycles. The number of halogens is 3. The average Bonchev–Trinajstić information content (AvgIpc) is 3.07. The summed E-state index contributed by atoms with van der Waals surface area (Å²) in [6, 6.07) is 2.43. The van der Waals surface area contributed by atoms with Crippen molar-refractivity contribution in [3.05, 3.63) is 58.2 Å². The standard InChI is InChI=1S/C25H31F3N2O3/c1-14(2)11-19(31)17-13-30-22(15(3)4)20-21(17)24(7-9-32-10-8-24)33-23(20)18-6-5-16(12-29-18)25(26,27)28/h5-6,12-15,19,23,31H,7-11H2,1-4H3. The quantitative estimate of drug-likeness (QED) is 0.604. The highest BCUT2D eigenvalue weighted by molar-refractivity contribution is 5.50. The van der Waals surface area contributed by atoms with Crippen LogP contribution < -0.4 is 0 Å². The minimum absolute atomic E-state index is 0.0607. The van der Waals surface area contributed by atoms with E-state index in [9.17, 15) is 18.3 Å². The van der Waals surface area contributed by atoms with Crippen molar-refractivity contribution in [3.8, 4) is 0 Å². The van der Waals surface area contributed by atoms with Gasteiger partial charge in [0.15, 0.2) is 0 Å². The molecule has 2 aromatic heterocycles. The van der Waals surface area contributed by atoms with E-state index < -0.39 is 29.5 Å². The zero-order chi connectivity index (χ0) is 24.0. The zero-order valence-corrected chi connectivity index (χ0v) is 19.4. The van der Waals surface area contributed by atoms with Gasteiger partial charge in [-0.05, 0) is 36.0 Å². The molecule has 0 radical (unpaired) electrons. The molecule has 2 aliphatic rings. The summed E-state index contributed by atoms with van der Waals surface area (Å²) in [5.74, 6) is 0.339. The largest absolute Gasteiger partial charge is 0.417 e. The molecule has 2 aliphatic heterocycles. The highest BCUT2D eigenvalue weighted by Crippen LogP contribution is 2.55. The first-order valence-corrected chi connectivity index (χ1v) is 11.5. The van der Waals surface area contributed by atoms with Gasteiger partial charge in [0.05, 0.1) is 23.0 Å². The number of alkyl halides is 3. The fourth-order valence-corrected chi connectivity index (χ4v) is 4.97. The van der Waals surface area contributed by atoms with Gasteiger partial charge in [-0.2, -0.15) is 13.2 Å². The zero-order valence-electron chi connectivity index (χ0n) is 19.4. The van der Waals surface area contributed by atoms with Crippen LogP contribution in [-0.2, 0) is 21.3 Å². The summed E-state index contributed by atoms with van der Waals surface area (Å²) in [6.07, 6.45) is -1.45. The van der Waals surface area contributed by atoms with Crippen molar-refractivity contribution in [2.24, 2.45) is 5.92 Å². The Bertz CT molecular complexity index is 984. The van der Waals surface area contributed by atoms with E-state index in [4.69, 9.17) is 14.5 Å². The molecule has 1 saturated heterocycles. The lowest BCUT2D eigenvalue weighted by Crippen LogP contribution is -2.35. The van der Waals surface area contributed by atoms with Gasteiger partial charge >= 0.3 is 6.18 Å². The third kappa shape index (κ3) is 4.53. The normalized spacial score (nSPS) is 21.1. The van der Waals surface area contributed by atoms with E-state index in [0.717, 1.165) is 34.6 Å². The number of rotatable bonds is 5. The molecule has 1 spiro atoms. The van der Waals surface area contributed by atoms with Gasteiger partial charge in [0.25, 0.3) is 0 Å². The molecule has 1 N–H and O–H groups in total. The van der Waals surface area contributed by atoms with Gasteiger partial charge in [0, 0.05) is 55.3 Å². The monoisotopic (exact) mass is 464 g/mol. The Hall–Kier alpha value is -2.03. The predicted molar refractivity (Wildman–Crippen MR) is 117 cm³/mol. The minimum Gasteiger partial charge on any atom is -0.388 e. The van der Waals surface area contributed by atoms with E-state index in [0.29, 0.717) is 38.2 Å². The van der Waals surface area contributed by atoms with Crippen LogP contribution in [0.1, 0.15) is 98.7 Å². The molecule has 2 atom stereocenters. The van der Waals surface area contributed by atoms with Crippen LogP contribution in [-0.4, -0.2) is 28.3 Å². The lowest BCUT2D eigenvalue weighted by atomic mass is 9.79. The lowest BCUT2D eigenvalue weighted by molar-refractivity contribution is -0.138. The number of aliphatic hydroxyl groups excluding tert-OH is 1. The van der Waals surface area contributed by atoms with Crippen LogP contribution in [0.25, 0.3) is 0 Å². The number of aromatic nitrogens is 2. The third-order valence-corrected chi connectivity index (χ3v) is 6.52. The summed E-state index contributed by atoms with van der Waals surface area (Å²) in [7, 11) is 0. The van der Waals surface area contributed by atoms with E-state index in [2.05, 4.69) is 18.8 Å². The van der Waals surface area contributed by atoms with Gasteiger partial charge in [0.2, 0.25) is 0 Å². The number of nitrogens with zero attached hydrogens (tertiary/aromatic N) is 2.